The molecule has 0 saturated heterocycles. The van der Waals surface area contributed by atoms with E-state index in [4.69, 9.17) is 0 Å². The number of nitrogens with zero attached hydrogens (tertiary/aromatic N) is 2. The molecule has 0 atom stereocenters. The van der Waals surface area contributed by atoms with Crippen LogP contribution in [0.2, 0.25) is 0 Å². The second-order valence-electron chi connectivity index (χ2n) is 5.89. The summed E-state index contributed by atoms with van der Waals surface area (Å²) in [6.07, 6.45) is 8.28. The lowest BCUT2D eigenvalue weighted by atomic mass is 9.69. The molecule has 1 aliphatic rings. The monoisotopic (exact) mass is 284 g/mol. The molecule has 0 radical (unpaired) electrons. The van der Waals surface area contributed by atoms with Gasteiger partial charge >= 0.3 is 5.97 Å². The number of imidazole rings is 1. The third-order valence-corrected chi connectivity index (χ3v) is 4.63. The third-order valence-electron chi connectivity index (χ3n) is 4.63. The predicted octanol–water partition coefficient (Wildman–Crippen LogP) is 3.37. The van der Waals surface area contributed by atoms with Gasteiger partial charge in [-0.05, 0) is 18.4 Å². The van der Waals surface area contributed by atoms with Crippen LogP contribution in [0.25, 0.3) is 11.4 Å². The van der Waals surface area contributed by atoms with Gasteiger partial charge in [0.2, 0.25) is 0 Å². The number of carboxylic acid groups (broad SMARTS) is 1. The number of rotatable bonds is 3. The van der Waals surface area contributed by atoms with Gasteiger partial charge in [0.1, 0.15) is 5.82 Å². The number of carboxylic acids is 1. The SMILES string of the molecule is Cn1ccnc1-c1ccc(C2(C(=O)O)CCCCC2)cc1. The Morgan fingerprint density at radius 3 is 2.38 bits per heavy atom. The number of hydrogen-bond acceptors (Lipinski definition) is 2. The molecular weight excluding hydrogens is 264 g/mol. The Hall–Kier alpha value is -2.10. The first-order valence-corrected chi connectivity index (χ1v) is 7.45. The van der Waals surface area contributed by atoms with Gasteiger partial charge in [0.25, 0.3) is 0 Å². The van der Waals surface area contributed by atoms with E-state index >= 15 is 0 Å². The molecule has 0 unspecified atom stereocenters. The van der Waals surface area contributed by atoms with Gasteiger partial charge < -0.3 is 9.67 Å². The fraction of sp³-hybridized carbons (Fsp3) is 0.412. The summed E-state index contributed by atoms with van der Waals surface area (Å²) < 4.78 is 1.96. The standard InChI is InChI=1S/C17H20N2O2/c1-19-12-11-18-15(19)13-5-7-14(8-6-13)17(16(20)21)9-3-2-4-10-17/h5-8,11-12H,2-4,9-10H2,1H3,(H,20,21). The summed E-state index contributed by atoms with van der Waals surface area (Å²) in [4.78, 5) is 16.2. The summed E-state index contributed by atoms with van der Waals surface area (Å²) in [7, 11) is 1.95. The van der Waals surface area contributed by atoms with Gasteiger partial charge in [-0.2, -0.15) is 0 Å². The van der Waals surface area contributed by atoms with E-state index in [1.807, 2.05) is 42.1 Å². The Labute approximate surface area is 124 Å². The van der Waals surface area contributed by atoms with Gasteiger partial charge in [0.05, 0.1) is 5.41 Å². The Kier molecular flexibility index (Phi) is 3.53. The quantitative estimate of drug-likeness (QED) is 0.940. The number of aliphatic carboxylic acids is 1. The van der Waals surface area contributed by atoms with Crippen LogP contribution in [0.3, 0.4) is 0 Å². The van der Waals surface area contributed by atoms with Gasteiger partial charge in [-0.15, -0.1) is 0 Å². The Bertz CT molecular complexity index is 637. The average Bonchev–Trinajstić information content (AvgIpc) is 2.94. The highest BCUT2D eigenvalue weighted by Gasteiger charge is 2.41. The van der Waals surface area contributed by atoms with Crippen LogP contribution in [-0.2, 0) is 17.3 Å². The molecule has 21 heavy (non-hydrogen) atoms. The van der Waals surface area contributed by atoms with Gasteiger partial charge in [0, 0.05) is 25.0 Å². The molecule has 1 fully saturated rings. The first-order valence-electron chi connectivity index (χ1n) is 7.45. The summed E-state index contributed by atoms with van der Waals surface area (Å²) in [5.41, 5.74) is 1.24. The van der Waals surface area contributed by atoms with E-state index in [-0.39, 0.29) is 0 Å². The van der Waals surface area contributed by atoms with Crippen molar-refractivity contribution in [2.24, 2.45) is 7.05 Å². The van der Waals surface area contributed by atoms with Crippen molar-refractivity contribution in [1.82, 2.24) is 9.55 Å². The second-order valence-corrected chi connectivity index (χ2v) is 5.89. The fourth-order valence-electron chi connectivity index (χ4n) is 3.36. The highest BCUT2D eigenvalue weighted by atomic mass is 16.4. The number of hydrogen-bond donors (Lipinski definition) is 1. The maximum Gasteiger partial charge on any atom is 0.314 e. The molecule has 1 heterocycles. The van der Waals surface area contributed by atoms with Crippen molar-refractivity contribution in [1.29, 1.82) is 0 Å². The number of aryl methyl sites for hydroxylation is 1. The van der Waals surface area contributed by atoms with Gasteiger partial charge in [-0.3, -0.25) is 4.79 Å². The molecular formula is C17H20N2O2. The van der Waals surface area contributed by atoms with Crippen LogP contribution in [0.1, 0.15) is 37.7 Å². The molecule has 0 bridgehead atoms. The number of carbonyl (C=O) groups is 1. The van der Waals surface area contributed by atoms with Crippen molar-refractivity contribution in [2.45, 2.75) is 37.5 Å². The van der Waals surface area contributed by atoms with Crippen LogP contribution in [0.15, 0.2) is 36.7 Å². The lowest BCUT2D eigenvalue weighted by Crippen LogP contribution is -2.37. The van der Waals surface area contributed by atoms with Crippen molar-refractivity contribution in [2.75, 3.05) is 0 Å². The third kappa shape index (κ3) is 2.35. The van der Waals surface area contributed by atoms with E-state index in [0.717, 1.165) is 49.1 Å². The maximum absolute atomic E-state index is 11.8. The minimum atomic E-state index is -0.696. The highest BCUT2D eigenvalue weighted by Crippen LogP contribution is 2.40. The molecule has 110 valence electrons. The van der Waals surface area contributed by atoms with Crippen molar-refractivity contribution >= 4 is 5.97 Å². The summed E-state index contributed by atoms with van der Waals surface area (Å²) >= 11 is 0. The Morgan fingerprint density at radius 1 is 1.19 bits per heavy atom. The van der Waals surface area contributed by atoms with Crippen LogP contribution in [-0.4, -0.2) is 20.6 Å². The van der Waals surface area contributed by atoms with Crippen LogP contribution in [0, 0.1) is 0 Å². The lowest BCUT2D eigenvalue weighted by molar-refractivity contribution is -0.145. The van der Waals surface area contributed by atoms with Crippen LogP contribution in [0.4, 0.5) is 0 Å². The van der Waals surface area contributed by atoms with Crippen molar-refractivity contribution in [3.63, 3.8) is 0 Å². The summed E-state index contributed by atoms with van der Waals surface area (Å²) in [6, 6.07) is 7.89. The topological polar surface area (TPSA) is 55.1 Å². The highest BCUT2D eigenvalue weighted by molar-refractivity contribution is 5.81. The molecule has 1 aromatic heterocycles. The second kappa shape index (κ2) is 5.35. The van der Waals surface area contributed by atoms with Gasteiger partial charge in [-0.25, -0.2) is 4.98 Å². The first-order chi connectivity index (χ1) is 10.1. The van der Waals surface area contributed by atoms with Gasteiger partial charge in [0.15, 0.2) is 0 Å². The molecule has 1 saturated carbocycles. The van der Waals surface area contributed by atoms with Crippen molar-refractivity contribution in [3.8, 4) is 11.4 Å². The van der Waals surface area contributed by atoms with Gasteiger partial charge in [-0.1, -0.05) is 43.5 Å². The molecule has 1 aliphatic carbocycles. The summed E-state index contributed by atoms with van der Waals surface area (Å²) in [6.45, 7) is 0. The summed E-state index contributed by atoms with van der Waals surface area (Å²) in [5, 5.41) is 9.72. The molecule has 0 amide bonds. The zero-order valence-corrected chi connectivity index (χ0v) is 12.2. The minimum Gasteiger partial charge on any atom is -0.481 e. The zero-order chi connectivity index (χ0) is 14.9. The molecule has 1 aromatic carbocycles. The largest absolute Gasteiger partial charge is 0.481 e. The van der Waals surface area contributed by atoms with Crippen LogP contribution >= 0.6 is 0 Å². The Morgan fingerprint density at radius 2 is 1.86 bits per heavy atom. The van der Waals surface area contributed by atoms with E-state index in [9.17, 15) is 9.90 Å². The molecule has 0 spiro atoms. The number of aromatic nitrogens is 2. The Balaban J connectivity index is 1.96. The summed E-state index contributed by atoms with van der Waals surface area (Å²) in [5.74, 6) is 0.210. The normalized spacial score (nSPS) is 17.6. The average molecular weight is 284 g/mol. The van der Waals surface area contributed by atoms with Crippen LogP contribution in [0.5, 0.6) is 0 Å². The van der Waals surface area contributed by atoms with Crippen molar-refractivity contribution < 1.29 is 9.90 Å². The molecule has 1 N–H and O–H groups in total. The first kappa shape index (κ1) is 13.9. The molecule has 4 nitrogen and oxygen atoms in total. The van der Waals surface area contributed by atoms with E-state index in [1.54, 1.807) is 6.20 Å². The number of benzene rings is 1. The smallest absolute Gasteiger partial charge is 0.314 e. The van der Waals surface area contributed by atoms with E-state index in [2.05, 4.69) is 4.98 Å². The van der Waals surface area contributed by atoms with E-state index in [0.29, 0.717) is 0 Å². The molecule has 2 aromatic rings. The molecule has 0 aliphatic heterocycles. The molecule has 4 heteroatoms. The zero-order valence-electron chi connectivity index (χ0n) is 12.2. The van der Waals surface area contributed by atoms with Crippen molar-refractivity contribution in [3.05, 3.63) is 42.2 Å². The minimum absolute atomic E-state index is 0.688. The fourth-order valence-corrected chi connectivity index (χ4v) is 3.36. The molecule has 3 rings (SSSR count). The van der Waals surface area contributed by atoms with E-state index < -0.39 is 11.4 Å². The lowest BCUT2D eigenvalue weighted by Gasteiger charge is -2.33. The maximum atomic E-state index is 11.8. The van der Waals surface area contributed by atoms with Crippen LogP contribution < -0.4 is 0 Å². The predicted molar refractivity (Wildman–Crippen MR) is 81.0 cm³/mol. The van der Waals surface area contributed by atoms with E-state index in [1.165, 1.54) is 0 Å².